The Bertz CT molecular complexity index is 1560. The first-order chi connectivity index (χ1) is 20.9. The van der Waals surface area contributed by atoms with Gasteiger partial charge in [-0.1, -0.05) is 140 Å². The topological polar surface area (TPSA) is 50.9 Å². The molecule has 246 valence electrons. The molecule has 3 nitrogen and oxygen atoms in total. The van der Waals surface area contributed by atoms with Gasteiger partial charge in [0.15, 0.2) is 0 Å². The zero-order valence-corrected chi connectivity index (χ0v) is 31.4. The minimum Gasteiger partial charge on any atom is -0.397 e. The van der Waals surface area contributed by atoms with Gasteiger partial charge in [-0.05, 0) is 84.2 Å². The van der Waals surface area contributed by atoms with Gasteiger partial charge < -0.3 is 11.1 Å². The Kier molecular flexibility index (Phi) is 9.12. The second-order valence-electron chi connectivity index (χ2n) is 18.4. The van der Waals surface area contributed by atoms with Crippen LogP contribution in [0.5, 0.6) is 0 Å². The van der Waals surface area contributed by atoms with Gasteiger partial charge in [-0.25, -0.2) is 0 Å². The van der Waals surface area contributed by atoms with Crippen LogP contribution in [0.1, 0.15) is 132 Å². The molecular weight excluding hydrogens is 558 g/mol. The monoisotopic (exact) mass is 617 g/mol. The smallest absolute Gasteiger partial charge is 0.0804 e. The molecule has 0 atom stereocenters. The lowest BCUT2D eigenvalue weighted by molar-refractivity contribution is 0.568. The van der Waals surface area contributed by atoms with Crippen molar-refractivity contribution in [2.24, 2.45) is 0 Å². The van der Waals surface area contributed by atoms with Gasteiger partial charge in [-0.15, -0.1) is 0 Å². The van der Waals surface area contributed by atoms with Crippen LogP contribution in [0, 0.1) is 0 Å². The highest BCUT2D eigenvalue weighted by Crippen LogP contribution is 2.46. The van der Waals surface area contributed by atoms with E-state index in [1.54, 1.807) is 6.20 Å². The first kappa shape index (κ1) is 35.3. The summed E-state index contributed by atoms with van der Waals surface area (Å²) in [6.07, 6.45) is 3.58. The molecule has 1 aromatic heterocycles. The molecule has 0 aliphatic heterocycles. The van der Waals surface area contributed by atoms with E-state index in [0.717, 1.165) is 11.4 Å². The molecule has 0 unspecified atom stereocenters. The number of rotatable bonds is 4. The predicted octanol–water partition coefficient (Wildman–Crippen LogP) is 12.2. The molecule has 0 amide bonds. The van der Waals surface area contributed by atoms with Crippen molar-refractivity contribution in [2.45, 2.75) is 131 Å². The number of nitrogen functional groups attached to an aromatic ring is 1. The summed E-state index contributed by atoms with van der Waals surface area (Å²) in [6.45, 7) is 34.5. The second-order valence-corrected chi connectivity index (χ2v) is 18.4. The summed E-state index contributed by atoms with van der Waals surface area (Å²) >= 11 is 0. The third kappa shape index (κ3) is 7.85. The fourth-order valence-electron chi connectivity index (χ4n) is 5.61. The maximum absolute atomic E-state index is 6.57. The van der Waals surface area contributed by atoms with Gasteiger partial charge in [-0.3, -0.25) is 4.98 Å². The molecule has 0 bridgehead atoms. The van der Waals surface area contributed by atoms with E-state index in [0.29, 0.717) is 5.69 Å². The van der Waals surface area contributed by atoms with Crippen LogP contribution in [0.3, 0.4) is 0 Å². The SMILES string of the molecule is CC(C)(C)c1cc(-c2cc(C(C)(C)C)cc(-c3cc(C(C)(C)C)cc(C(C)(C)C)c3)c2Nc2cnccc2N)cc(C(C)(C)C)c1. The highest BCUT2D eigenvalue weighted by molar-refractivity contribution is 5.95. The van der Waals surface area contributed by atoms with Gasteiger partial charge in [0, 0.05) is 17.3 Å². The molecule has 3 N–H and O–H groups in total. The van der Waals surface area contributed by atoms with E-state index in [2.05, 4.69) is 163 Å². The van der Waals surface area contributed by atoms with Crippen LogP contribution in [0.15, 0.2) is 67.0 Å². The number of benzene rings is 3. The lowest BCUT2D eigenvalue weighted by atomic mass is 9.76. The molecule has 4 rings (SSSR count). The molecule has 3 heteroatoms. The normalized spacial score (nSPS) is 13.2. The Labute approximate surface area is 280 Å². The molecule has 0 fully saturated rings. The standard InChI is InChI=1S/C43H59N3/c1-39(2,3)29-18-27(19-30(22-29)40(4,5)6)34-24-33(43(13,14)15)25-35(38(34)46-37-26-45-17-16-36(37)44)28-20-31(41(7,8)9)23-32(21-28)42(10,11)12/h16-26,46H,1-15H3,(H2,44,45). The van der Waals surface area contributed by atoms with Crippen molar-refractivity contribution in [3.63, 3.8) is 0 Å². The van der Waals surface area contributed by atoms with Gasteiger partial charge >= 0.3 is 0 Å². The van der Waals surface area contributed by atoms with Crippen LogP contribution in [0.25, 0.3) is 22.3 Å². The van der Waals surface area contributed by atoms with E-state index in [1.165, 1.54) is 50.1 Å². The van der Waals surface area contributed by atoms with E-state index in [-0.39, 0.29) is 27.1 Å². The zero-order chi connectivity index (χ0) is 34.6. The van der Waals surface area contributed by atoms with Crippen LogP contribution >= 0.6 is 0 Å². The zero-order valence-electron chi connectivity index (χ0n) is 31.4. The first-order valence-corrected chi connectivity index (χ1v) is 16.8. The summed E-state index contributed by atoms with van der Waals surface area (Å²) < 4.78 is 0. The third-order valence-electron chi connectivity index (χ3n) is 9.07. The summed E-state index contributed by atoms with van der Waals surface area (Å²) in [6, 6.07) is 21.0. The number of nitrogens with two attached hydrogens (primary N) is 1. The minimum absolute atomic E-state index is 0.00943. The minimum atomic E-state index is -0.0711. The first-order valence-electron chi connectivity index (χ1n) is 16.8. The molecular formula is C43H59N3. The summed E-state index contributed by atoms with van der Waals surface area (Å²) in [4.78, 5) is 4.45. The number of hydrogen-bond acceptors (Lipinski definition) is 3. The quantitative estimate of drug-likeness (QED) is 0.239. The number of nitrogens with one attached hydrogen (secondary N) is 1. The molecule has 1 heterocycles. The van der Waals surface area contributed by atoms with Crippen molar-refractivity contribution < 1.29 is 0 Å². The molecule has 46 heavy (non-hydrogen) atoms. The Hall–Kier alpha value is -3.59. The summed E-state index contributed by atoms with van der Waals surface area (Å²) in [5.74, 6) is 0. The number of pyridine rings is 1. The highest BCUT2D eigenvalue weighted by Gasteiger charge is 2.27. The van der Waals surface area contributed by atoms with E-state index >= 15 is 0 Å². The molecule has 0 spiro atoms. The van der Waals surface area contributed by atoms with Crippen LogP contribution < -0.4 is 11.1 Å². The summed E-state index contributed by atoms with van der Waals surface area (Å²) in [7, 11) is 0. The second kappa shape index (κ2) is 11.9. The Morgan fingerprint density at radius 2 is 0.804 bits per heavy atom. The van der Waals surface area contributed by atoms with Crippen molar-refractivity contribution in [3.05, 3.63) is 94.8 Å². The Morgan fingerprint density at radius 1 is 0.478 bits per heavy atom. The van der Waals surface area contributed by atoms with Crippen LogP contribution in [0.4, 0.5) is 17.1 Å². The van der Waals surface area contributed by atoms with Gasteiger partial charge in [-0.2, -0.15) is 0 Å². The molecule has 0 saturated heterocycles. The molecule has 3 aromatic carbocycles. The lowest BCUT2D eigenvalue weighted by Gasteiger charge is -2.30. The van der Waals surface area contributed by atoms with Crippen molar-refractivity contribution >= 4 is 17.1 Å². The van der Waals surface area contributed by atoms with Gasteiger partial charge in [0.2, 0.25) is 0 Å². The number of aromatic nitrogens is 1. The van der Waals surface area contributed by atoms with Crippen LogP contribution in [-0.2, 0) is 27.1 Å². The van der Waals surface area contributed by atoms with Crippen molar-refractivity contribution in [1.82, 2.24) is 4.98 Å². The lowest BCUT2D eigenvalue weighted by Crippen LogP contribution is -2.17. The van der Waals surface area contributed by atoms with Crippen molar-refractivity contribution in [3.8, 4) is 22.3 Å². The molecule has 0 aliphatic carbocycles. The Morgan fingerprint density at radius 3 is 1.11 bits per heavy atom. The Balaban J connectivity index is 2.23. The van der Waals surface area contributed by atoms with Crippen molar-refractivity contribution in [2.75, 3.05) is 11.1 Å². The number of anilines is 3. The van der Waals surface area contributed by atoms with Gasteiger partial charge in [0.05, 0.1) is 23.3 Å². The average molecular weight is 618 g/mol. The summed E-state index contributed by atoms with van der Waals surface area (Å²) in [5.41, 5.74) is 20.3. The third-order valence-corrected chi connectivity index (χ3v) is 9.07. The van der Waals surface area contributed by atoms with E-state index < -0.39 is 0 Å². The highest BCUT2D eigenvalue weighted by atomic mass is 14.9. The van der Waals surface area contributed by atoms with Crippen LogP contribution in [0.2, 0.25) is 0 Å². The van der Waals surface area contributed by atoms with Crippen molar-refractivity contribution in [1.29, 1.82) is 0 Å². The molecule has 4 aromatic rings. The van der Waals surface area contributed by atoms with E-state index in [9.17, 15) is 0 Å². The molecule has 0 radical (unpaired) electrons. The average Bonchev–Trinajstić information content (AvgIpc) is 2.91. The van der Waals surface area contributed by atoms with Gasteiger partial charge in [0.25, 0.3) is 0 Å². The van der Waals surface area contributed by atoms with E-state index in [4.69, 9.17) is 5.73 Å². The fourth-order valence-corrected chi connectivity index (χ4v) is 5.61. The largest absolute Gasteiger partial charge is 0.397 e. The number of hydrogen-bond donors (Lipinski definition) is 2. The molecule has 0 saturated carbocycles. The predicted molar refractivity (Wildman–Crippen MR) is 203 cm³/mol. The number of nitrogens with zero attached hydrogens (tertiary/aromatic N) is 1. The van der Waals surface area contributed by atoms with E-state index in [1.807, 2.05) is 12.3 Å². The fraction of sp³-hybridized carbons (Fsp3) is 0.465. The maximum atomic E-state index is 6.57. The maximum Gasteiger partial charge on any atom is 0.0804 e. The van der Waals surface area contributed by atoms with Gasteiger partial charge in [0.1, 0.15) is 0 Å². The summed E-state index contributed by atoms with van der Waals surface area (Å²) in [5, 5.41) is 3.83. The molecule has 0 aliphatic rings. The van der Waals surface area contributed by atoms with Crippen LogP contribution in [-0.4, -0.2) is 4.98 Å².